The van der Waals surface area contributed by atoms with Crippen molar-refractivity contribution in [3.8, 4) is 12.3 Å². The molecular formula is C12H15N3O. The van der Waals surface area contributed by atoms with Crippen molar-refractivity contribution in [2.75, 3.05) is 6.54 Å². The minimum absolute atomic E-state index is 0.0670. The molecule has 1 fully saturated rings. The van der Waals surface area contributed by atoms with E-state index in [9.17, 15) is 4.79 Å². The van der Waals surface area contributed by atoms with Gasteiger partial charge in [0.15, 0.2) is 0 Å². The van der Waals surface area contributed by atoms with Crippen LogP contribution >= 0.6 is 0 Å². The summed E-state index contributed by atoms with van der Waals surface area (Å²) in [6, 6.07) is 2.00. The summed E-state index contributed by atoms with van der Waals surface area (Å²) in [5.41, 5.74) is 2.01. The summed E-state index contributed by atoms with van der Waals surface area (Å²) in [6.07, 6.45) is 5.81. The van der Waals surface area contributed by atoms with Crippen molar-refractivity contribution in [2.45, 2.75) is 19.9 Å². The topological polar surface area (TPSA) is 38.1 Å². The van der Waals surface area contributed by atoms with E-state index < -0.39 is 0 Å². The van der Waals surface area contributed by atoms with E-state index in [1.54, 1.807) is 4.90 Å². The number of hydrogen-bond acceptors (Lipinski definition) is 2. The van der Waals surface area contributed by atoms with Gasteiger partial charge in [-0.05, 0) is 13.0 Å². The first-order valence-corrected chi connectivity index (χ1v) is 5.33. The molecule has 1 amide bonds. The molecule has 4 nitrogen and oxygen atoms in total. The fourth-order valence-corrected chi connectivity index (χ4v) is 1.94. The molecule has 0 N–H and O–H groups in total. The number of carbonyl (C=O) groups excluding carboxylic acids is 1. The Kier molecular flexibility index (Phi) is 2.69. The van der Waals surface area contributed by atoms with E-state index in [4.69, 9.17) is 6.42 Å². The molecule has 1 unspecified atom stereocenters. The van der Waals surface area contributed by atoms with Crippen molar-refractivity contribution in [1.29, 1.82) is 0 Å². The molecule has 1 atom stereocenters. The molecule has 2 rings (SSSR count). The molecule has 0 saturated carbocycles. The number of hydrogen-bond donors (Lipinski definition) is 0. The molecule has 2 heterocycles. The van der Waals surface area contributed by atoms with Crippen molar-refractivity contribution in [2.24, 2.45) is 13.0 Å². The fourth-order valence-electron chi connectivity index (χ4n) is 1.94. The number of aromatic nitrogens is 2. The van der Waals surface area contributed by atoms with Gasteiger partial charge in [-0.25, -0.2) is 0 Å². The third kappa shape index (κ3) is 1.94. The van der Waals surface area contributed by atoms with E-state index in [1.165, 1.54) is 0 Å². The van der Waals surface area contributed by atoms with E-state index in [-0.39, 0.29) is 11.8 Å². The normalized spacial score (nSPS) is 20.2. The maximum atomic E-state index is 11.6. The zero-order valence-corrected chi connectivity index (χ0v) is 9.60. The zero-order chi connectivity index (χ0) is 11.7. The van der Waals surface area contributed by atoms with Gasteiger partial charge in [0, 0.05) is 31.6 Å². The monoisotopic (exact) mass is 217 g/mol. The number of terminal acetylenes is 1. The Morgan fingerprint density at radius 2 is 2.44 bits per heavy atom. The van der Waals surface area contributed by atoms with Gasteiger partial charge in [0.2, 0.25) is 5.91 Å². The quantitative estimate of drug-likeness (QED) is 0.684. The Hall–Kier alpha value is -1.76. The van der Waals surface area contributed by atoms with Crippen molar-refractivity contribution in [1.82, 2.24) is 14.7 Å². The number of amides is 1. The lowest BCUT2D eigenvalue weighted by Crippen LogP contribution is -2.24. The standard InChI is InChI=1S/C12H15N3O/c1-4-10-6-12(16)15(7-10)8-11-5-9(2)14(3)13-11/h1,5,10H,6-8H2,2-3H3. The molecule has 1 aromatic rings. The Morgan fingerprint density at radius 1 is 1.69 bits per heavy atom. The van der Waals surface area contributed by atoms with Gasteiger partial charge >= 0.3 is 0 Å². The van der Waals surface area contributed by atoms with Crippen molar-refractivity contribution >= 4 is 5.91 Å². The van der Waals surface area contributed by atoms with Crippen LogP contribution in [0, 0.1) is 25.2 Å². The van der Waals surface area contributed by atoms with Crippen LogP contribution in [0.25, 0.3) is 0 Å². The van der Waals surface area contributed by atoms with Crippen LogP contribution in [0.3, 0.4) is 0 Å². The summed E-state index contributed by atoms with van der Waals surface area (Å²) in [5.74, 6) is 2.84. The molecular weight excluding hydrogens is 202 g/mol. The molecule has 0 radical (unpaired) electrons. The second-order valence-electron chi connectivity index (χ2n) is 4.24. The third-order valence-corrected chi connectivity index (χ3v) is 2.97. The van der Waals surface area contributed by atoms with Crippen LogP contribution in [0.2, 0.25) is 0 Å². The SMILES string of the molecule is C#CC1CC(=O)N(Cc2cc(C)n(C)n2)C1. The van der Waals surface area contributed by atoms with Gasteiger partial charge in [0.25, 0.3) is 0 Å². The molecule has 0 bridgehead atoms. The molecule has 0 aliphatic carbocycles. The van der Waals surface area contributed by atoms with Crippen LogP contribution in [0.4, 0.5) is 0 Å². The van der Waals surface area contributed by atoms with Gasteiger partial charge in [0.1, 0.15) is 0 Å². The highest BCUT2D eigenvalue weighted by molar-refractivity contribution is 5.79. The maximum absolute atomic E-state index is 11.6. The molecule has 1 aliphatic heterocycles. The predicted octanol–water partition coefficient (Wildman–Crippen LogP) is 0.710. The number of rotatable bonds is 2. The number of likely N-dealkylation sites (tertiary alicyclic amines) is 1. The van der Waals surface area contributed by atoms with Crippen LogP contribution in [-0.2, 0) is 18.4 Å². The molecule has 84 valence electrons. The van der Waals surface area contributed by atoms with Crippen molar-refractivity contribution in [3.63, 3.8) is 0 Å². The zero-order valence-electron chi connectivity index (χ0n) is 9.60. The van der Waals surface area contributed by atoms with Crippen LogP contribution < -0.4 is 0 Å². The number of nitrogens with zero attached hydrogens (tertiary/aromatic N) is 3. The van der Waals surface area contributed by atoms with Gasteiger partial charge in [-0.1, -0.05) is 0 Å². The lowest BCUT2D eigenvalue weighted by Gasteiger charge is -2.13. The van der Waals surface area contributed by atoms with Crippen LogP contribution in [-0.4, -0.2) is 27.1 Å². The van der Waals surface area contributed by atoms with Gasteiger partial charge in [-0.15, -0.1) is 12.3 Å². The summed E-state index contributed by atoms with van der Waals surface area (Å²) in [7, 11) is 1.90. The Morgan fingerprint density at radius 3 is 2.94 bits per heavy atom. The lowest BCUT2D eigenvalue weighted by molar-refractivity contribution is -0.128. The number of carbonyl (C=O) groups is 1. The molecule has 1 aromatic heterocycles. The minimum atomic E-state index is 0.0670. The molecule has 16 heavy (non-hydrogen) atoms. The summed E-state index contributed by atoms with van der Waals surface area (Å²) in [4.78, 5) is 13.4. The van der Waals surface area contributed by atoms with Gasteiger partial charge in [0.05, 0.1) is 12.2 Å². The van der Waals surface area contributed by atoms with E-state index in [0.29, 0.717) is 19.5 Å². The Bertz CT molecular complexity index is 436. The summed E-state index contributed by atoms with van der Waals surface area (Å²) >= 11 is 0. The first-order chi connectivity index (χ1) is 7.60. The maximum Gasteiger partial charge on any atom is 0.224 e. The van der Waals surface area contributed by atoms with Crippen LogP contribution in [0.1, 0.15) is 17.8 Å². The minimum Gasteiger partial charge on any atom is -0.335 e. The summed E-state index contributed by atoms with van der Waals surface area (Å²) in [5, 5.41) is 4.33. The Balaban J connectivity index is 2.06. The highest BCUT2D eigenvalue weighted by atomic mass is 16.2. The molecule has 1 aliphatic rings. The van der Waals surface area contributed by atoms with E-state index in [1.807, 2.05) is 24.7 Å². The largest absolute Gasteiger partial charge is 0.335 e. The predicted molar refractivity (Wildman–Crippen MR) is 60.3 cm³/mol. The fraction of sp³-hybridized carbons (Fsp3) is 0.500. The van der Waals surface area contributed by atoms with Gasteiger partial charge in [-0.2, -0.15) is 5.10 Å². The van der Waals surface area contributed by atoms with Crippen molar-refractivity contribution in [3.05, 3.63) is 17.5 Å². The van der Waals surface area contributed by atoms with E-state index in [0.717, 1.165) is 11.4 Å². The molecule has 0 aromatic carbocycles. The molecule has 1 saturated heterocycles. The first-order valence-electron chi connectivity index (χ1n) is 5.33. The molecule has 0 spiro atoms. The van der Waals surface area contributed by atoms with Crippen LogP contribution in [0.15, 0.2) is 6.07 Å². The Labute approximate surface area is 95.2 Å². The average molecular weight is 217 g/mol. The van der Waals surface area contributed by atoms with Crippen LogP contribution in [0.5, 0.6) is 0 Å². The second-order valence-corrected chi connectivity index (χ2v) is 4.24. The first kappa shape index (κ1) is 10.7. The smallest absolute Gasteiger partial charge is 0.224 e. The van der Waals surface area contributed by atoms with E-state index >= 15 is 0 Å². The highest BCUT2D eigenvalue weighted by Gasteiger charge is 2.28. The average Bonchev–Trinajstić information content (AvgIpc) is 2.73. The number of aryl methyl sites for hydroxylation is 2. The summed E-state index contributed by atoms with van der Waals surface area (Å²) < 4.78 is 1.81. The summed E-state index contributed by atoms with van der Waals surface area (Å²) in [6.45, 7) is 3.22. The van der Waals surface area contributed by atoms with Gasteiger partial charge in [-0.3, -0.25) is 9.48 Å². The van der Waals surface area contributed by atoms with Crippen molar-refractivity contribution < 1.29 is 4.79 Å². The highest BCUT2D eigenvalue weighted by Crippen LogP contribution is 2.19. The lowest BCUT2D eigenvalue weighted by atomic mass is 10.1. The van der Waals surface area contributed by atoms with Gasteiger partial charge < -0.3 is 4.90 Å². The third-order valence-electron chi connectivity index (χ3n) is 2.97. The van der Waals surface area contributed by atoms with E-state index in [2.05, 4.69) is 11.0 Å². The molecule has 4 heteroatoms. The second kappa shape index (κ2) is 4.01.